The lowest BCUT2D eigenvalue weighted by molar-refractivity contribution is -0.164. The highest BCUT2D eigenvalue weighted by atomic mass is 16.6. The summed E-state index contributed by atoms with van der Waals surface area (Å²) in [4.78, 5) is 33.0. The van der Waals surface area contributed by atoms with Gasteiger partial charge in [-0.2, -0.15) is 0 Å². The van der Waals surface area contributed by atoms with E-state index < -0.39 is 29.4 Å². The molecule has 0 spiro atoms. The molecule has 1 fully saturated rings. The molecule has 0 aliphatic carbocycles. The van der Waals surface area contributed by atoms with Crippen molar-refractivity contribution in [3.63, 3.8) is 0 Å². The first-order valence-electron chi connectivity index (χ1n) is 4.27. The van der Waals surface area contributed by atoms with Gasteiger partial charge in [0.05, 0.1) is 6.42 Å². The van der Waals surface area contributed by atoms with E-state index in [0.29, 0.717) is 0 Å². The second kappa shape index (κ2) is 3.40. The lowest BCUT2D eigenvalue weighted by Gasteiger charge is -2.20. The van der Waals surface area contributed by atoms with Crippen molar-refractivity contribution in [2.24, 2.45) is 5.92 Å². The van der Waals surface area contributed by atoms with E-state index in [9.17, 15) is 14.4 Å². The number of esters is 3. The molecule has 1 aliphatic heterocycles. The molecule has 5 heteroatoms. The number of rotatable bonds is 1. The molecule has 0 amide bonds. The van der Waals surface area contributed by atoms with Crippen molar-refractivity contribution in [2.75, 3.05) is 0 Å². The highest BCUT2D eigenvalue weighted by Gasteiger charge is 2.41. The topological polar surface area (TPSA) is 69.7 Å². The Morgan fingerprint density at radius 2 is 2.00 bits per heavy atom. The van der Waals surface area contributed by atoms with Crippen molar-refractivity contribution < 1.29 is 23.9 Å². The molecule has 0 bridgehead atoms. The van der Waals surface area contributed by atoms with E-state index >= 15 is 0 Å². The first kappa shape index (κ1) is 10.7. The van der Waals surface area contributed by atoms with E-state index in [4.69, 9.17) is 4.74 Å². The Hall–Kier alpha value is -1.39. The second-order valence-corrected chi connectivity index (χ2v) is 4.08. The average molecular weight is 200 g/mol. The summed E-state index contributed by atoms with van der Waals surface area (Å²) in [5.74, 6) is -3.27. The fraction of sp³-hybridized carbons (Fsp3) is 0.667. The highest BCUT2D eigenvalue weighted by Crippen LogP contribution is 2.20. The predicted octanol–water partition coefficient (Wildman–Crippen LogP) is 0.418. The molecule has 0 saturated carbocycles. The Bertz CT molecular complexity index is 286. The molecule has 1 aliphatic rings. The number of ether oxygens (including phenoxy) is 2. The van der Waals surface area contributed by atoms with E-state index in [1.807, 2.05) is 0 Å². The van der Waals surface area contributed by atoms with Crippen LogP contribution in [0.15, 0.2) is 0 Å². The second-order valence-electron chi connectivity index (χ2n) is 4.08. The van der Waals surface area contributed by atoms with Crippen molar-refractivity contribution in [2.45, 2.75) is 32.8 Å². The first-order chi connectivity index (χ1) is 6.29. The van der Waals surface area contributed by atoms with Crippen LogP contribution < -0.4 is 0 Å². The third-order valence-electron chi connectivity index (χ3n) is 1.56. The van der Waals surface area contributed by atoms with E-state index in [2.05, 4.69) is 4.74 Å². The molecule has 0 radical (unpaired) electrons. The molecule has 5 nitrogen and oxygen atoms in total. The van der Waals surface area contributed by atoms with Crippen LogP contribution in [0.5, 0.6) is 0 Å². The standard InChI is InChI=1S/C9H12O5/c1-9(2,3)14-8(12)5-4-6(10)13-7(5)11/h5H,4H2,1-3H3/t5-/m1/s1. The summed E-state index contributed by atoms with van der Waals surface area (Å²) >= 11 is 0. The van der Waals surface area contributed by atoms with Crippen molar-refractivity contribution >= 4 is 17.9 Å². The zero-order valence-electron chi connectivity index (χ0n) is 8.33. The maximum Gasteiger partial charge on any atom is 0.328 e. The van der Waals surface area contributed by atoms with Gasteiger partial charge in [0.1, 0.15) is 5.60 Å². The van der Waals surface area contributed by atoms with Gasteiger partial charge in [0.2, 0.25) is 0 Å². The Balaban J connectivity index is 2.62. The van der Waals surface area contributed by atoms with Gasteiger partial charge in [0.15, 0.2) is 5.92 Å². The minimum Gasteiger partial charge on any atom is -0.459 e. The third kappa shape index (κ3) is 2.55. The summed E-state index contributed by atoms with van der Waals surface area (Å²) in [5.41, 5.74) is -0.664. The van der Waals surface area contributed by atoms with Crippen LogP contribution in [-0.4, -0.2) is 23.5 Å². The molecule has 0 aromatic carbocycles. The maximum atomic E-state index is 11.3. The summed E-state index contributed by atoms with van der Waals surface area (Å²) in [6, 6.07) is 0. The lowest BCUT2D eigenvalue weighted by Crippen LogP contribution is -2.30. The summed E-state index contributed by atoms with van der Waals surface area (Å²) in [6.07, 6.45) is -0.215. The predicted molar refractivity (Wildman–Crippen MR) is 45.1 cm³/mol. The largest absolute Gasteiger partial charge is 0.459 e. The van der Waals surface area contributed by atoms with Crippen LogP contribution in [-0.2, 0) is 23.9 Å². The normalized spacial score (nSPS) is 22.1. The molecule has 0 aromatic rings. The fourth-order valence-corrected chi connectivity index (χ4v) is 1.03. The van der Waals surface area contributed by atoms with E-state index in [0.717, 1.165) is 0 Å². The van der Waals surface area contributed by atoms with Crippen molar-refractivity contribution in [1.29, 1.82) is 0 Å². The monoisotopic (exact) mass is 200 g/mol. The van der Waals surface area contributed by atoms with Gasteiger partial charge in [-0.15, -0.1) is 0 Å². The van der Waals surface area contributed by atoms with E-state index in [1.165, 1.54) is 0 Å². The Kier molecular flexibility index (Phi) is 2.59. The Morgan fingerprint density at radius 3 is 2.36 bits per heavy atom. The summed E-state index contributed by atoms with van der Waals surface area (Å²) in [5, 5.41) is 0. The number of carbonyl (C=O) groups excluding carboxylic acids is 3. The lowest BCUT2D eigenvalue weighted by atomic mass is 10.1. The molecule has 1 rings (SSSR count). The summed E-state index contributed by atoms with van der Waals surface area (Å²) in [7, 11) is 0. The molecule has 0 unspecified atom stereocenters. The number of cyclic esters (lactones) is 2. The van der Waals surface area contributed by atoms with Crippen LogP contribution >= 0.6 is 0 Å². The summed E-state index contributed by atoms with van der Waals surface area (Å²) in [6.45, 7) is 5.06. The molecule has 1 saturated heterocycles. The van der Waals surface area contributed by atoms with Gasteiger partial charge in [-0.3, -0.25) is 14.4 Å². The van der Waals surface area contributed by atoms with Crippen molar-refractivity contribution in [3.05, 3.63) is 0 Å². The van der Waals surface area contributed by atoms with E-state index in [-0.39, 0.29) is 6.42 Å². The molecule has 0 N–H and O–H groups in total. The van der Waals surface area contributed by atoms with Crippen LogP contribution in [0.4, 0.5) is 0 Å². The van der Waals surface area contributed by atoms with Crippen molar-refractivity contribution in [3.8, 4) is 0 Å². The fourth-order valence-electron chi connectivity index (χ4n) is 1.03. The van der Waals surface area contributed by atoms with Crippen LogP contribution in [0.1, 0.15) is 27.2 Å². The molecular weight excluding hydrogens is 188 g/mol. The number of hydrogen-bond acceptors (Lipinski definition) is 5. The molecule has 1 atom stereocenters. The maximum absolute atomic E-state index is 11.3. The SMILES string of the molecule is CC(C)(C)OC(=O)[C@@H]1CC(=O)OC1=O. The zero-order valence-corrected chi connectivity index (χ0v) is 8.33. The molecule has 78 valence electrons. The highest BCUT2D eigenvalue weighted by molar-refractivity contribution is 6.06. The minimum atomic E-state index is -1.08. The molecule has 1 heterocycles. The van der Waals surface area contributed by atoms with Crippen molar-refractivity contribution in [1.82, 2.24) is 0 Å². The van der Waals surface area contributed by atoms with Gasteiger partial charge in [0, 0.05) is 0 Å². The first-order valence-corrected chi connectivity index (χ1v) is 4.27. The molecule has 0 aromatic heterocycles. The van der Waals surface area contributed by atoms with E-state index in [1.54, 1.807) is 20.8 Å². The van der Waals surface area contributed by atoms with Crippen LogP contribution in [0.25, 0.3) is 0 Å². The van der Waals surface area contributed by atoms with Gasteiger partial charge in [-0.05, 0) is 20.8 Å². The summed E-state index contributed by atoms with van der Waals surface area (Å²) < 4.78 is 9.18. The van der Waals surface area contributed by atoms with Crippen LogP contribution in [0.3, 0.4) is 0 Å². The van der Waals surface area contributed by atoms with Gasteiger partial charge in [0.25, 0.3) is 0 Å². The van der Waals surface area contributed by atoms with Gasteiger partial charge in [-0.25, -0.2) is 0 Å². The number of carbonyl (C=O) groups is 3. The average Bonchev–Trinajstić information content (AvgIpc) is 2.26. The van der Waals surface area contributed by atoms with Gasteiger partial charge >= 0.3 is 17.9 Å². The van der Waals surface area contributed by atoms with Gasteiger partial charge in [-0.1, -0.05) is 0 Å². The smallest absolute Gasteiger partial charge is 0.328 e. The third-order valence-corrected chi connectivity index (χ3v) is 1.56. The minimum absolute atomic E-state index is 0.215. The Labute approximate surface area is 81.4 Å². The quantitative estimate of drug-likeness (QED) is 0.453. The molecule has 14 heavy (non-hydrogen) atoms. The van der Waals surface area contributed by atoms with Crippen LogP contribution in [0.2, 0.25) is 0 Å². The molecular formula is C9H12O5. The zero-order chi connectivity index (χ0) is 10.9. The van der Waals surface area contributed by atoms with Crippen LogP contribution in [0, 0.1) is 5.92 Å². The Morgan fingerprint density at radius 1 is 1.43 bits per heavy atom. The van der Waals surface area contributed by atoms with Gasteiger partial charge < -0.3 is 9.47 Å². The number of hydrogen-bond donors (Lipinski definition) is 0.